The Morgan fingerprint density at radius 1 is 1.23 bits per heavy atom. The molecular formula is C20H28FN3O2. The number of rotatable bonds is 4. The number of hydrogen-bond donors (Lipinski definition) is 2. The maximum absolute atomic E-state index is 14.3. The summed E-state index contributed by atoms with van der Waals surface area (Å²) in [6.07, 6.45) is 2.33. The second kappa shape index (κ2) is 8.16. The standard InChI is InChI=1S/C20H28FN3O2/c1-13(2)9-19(25)23-18-4-3-14(10-17(18)21)20(26)24-7-5-15-11-22-12-16(15)6-8-24/h3-4,10,13,15-16,22H,5-9,11-12H2,1-2H3,(H,23,25)/t15-,16+. The van der Waals surface area contributed by atoms with Gasteiger partial charge in [0.1, 0.15) is 5.82 Å². The Hall–Kier alpha value is -1.95. The quantitative estimate of drug-likeness (QED) is 0.867. The van der Waals surface area contributed by atoms with E-state index < -0.39 is 5.82 Å². The van der Waals surface area contributed by atoms with Gasteiger partial charge in [0.2, 0.25) is 5.91 Å². The van der Waals surface area contributed by atoms with Gasteiger partial charge >= 0.3 is 0 Å². The lowest BCUT2D eigenvalue weighted by Crippen LogP contribution is -2.32. The molecule has 2 N–H and O–H groups in total. The Morgan fingerprint density at radius 3 is 2.46 bits per heavy atom. The molecular weight excluding hydrogens is 333 g/mol. The first-order valence-electron chi connectivity index (χ1n) is 9.53. The lowest BCUT2D eigenvalue weighted by atomic mass is 9.92. The van der Waals surface area contributed by atoms with Crippen LogP contribution in [0.15, 0.2) is 18.2 Å². The minimum Gasteiger partial charge on any atom is -0.339 e. The summed E-state index contributed by atoms with van der Waals surface area (Å²) in [5, 5.41) is 6.00. The van der Waals surface area contributed by atoms with Crippen molar-refractivity contribution in [2.24, 2.45) is 17.8 Å². The van der Waals surface area contributed by atoms with Crippen LogP contribution in [0.25, 0.3) is 0 Å². The van der Waals surface area contributed by atoms with Gasteiger partial charge in [0, 0.05) is 25.1 Å². The van der Waals surface area contributed by atoms with Gasteiger partial charge in [-0.05, 0) is 61.9 Å². The van der Waals surface area contributed by atoms with Crippen LogP contribution in [-0.2, 0) is 4.79 Å². The topological polar surface area (TPSA) is 61.4 Å². The lowest BCUT2D eigenvalue weighted by Gasteiger charge is -2.21. The zero-order valence-corrected chi connectivity index (χ0v) is 15.6. The number of carbonyl (C=O) groups excluding carboxylic acids is 2. The molecule has 2 heterocycles. The van der Waals surface area contributed by atoms with E-state index in [1.165, 1.54) is 12.1 Å². The van der Waals surface area contributed by atoms with Crippen molar-refractivity contribution in [3.05, 3.63) is 29.6 Å². The summed E-state index contributed by atoms with van der Waals surface area (Å²) >= 11 is 0. The molecule has 2 atom stereocenters. The Kier molecular flexibility index (Phi) is 5.91. The average Bonchev–Trinajstić information content (AvgIpc) is 2.94. The molecule has 1 aromatic carbocycles. The second-order valence-corrected chi connectivity index (χ2v) is 7.89. The number of anilines is 1. The summed E-state index contributed by atoms with van der Waals surface area (Å²) in [5.74, 6) is 0.578. The van der Waals surface area contributed by atoms with Crippen molar-refractivity contribution < 1.29 is 14.0 Å². The highest BCUT2D eigenvalue weighted by molar-refractivity contribution is 5.96. The minimum atomic E-state index is -0.566. The fourth-order valence-electron chi connectivity index (χ4n) is 3.93. The summed E-state index contributed by atoms with van der Waals surface area (Å²) < 4.78 is 14.3. The molecule has 0 bridgehead atoms. The normalized spacial score (nSPS) is 22.8. The molecule has 6 heteroatoms. The van der Waals surface area contributed by atoms with Gasteiger partial charge in [-0.2, -0.15) is 0 Å². The summed E-state index contributed by atoms with van der Waals surface area (Å²) in [6, 6.07) is 4.32. The van der Waals surface area contributed by atoms with Crippen molar-refractivity contribution in [3.63, 3.8) is 0 Å². The van der Waals surface area contributed by atoms with Gasteiger partial charge < -0.3 is 15.5 Å². The molecule has 0 unspecified atom stereocenters. The van der Waals surface area contributed by atoms with E-state index in [1.807, 2.05) is 18.7 Å². The van der Waals surface area contributed by atoms with Crippen molar-refractivity contribution in [1.29, 1.82) is 0 Å². The smallest absolute Gasteiger partial charge is 0.253 e. The summed E-state index contributed by atoms with van der Waals surface area (Å²) in [6.45, 7) is 7.37. The van der Waals surface area contributed by atoms with Crippen LogP contribution in [0.4, 0.5) is 10.1 Å². The van der Waals surface area contributed by atoms with Crippen molar-refractivity contribution in [1.82, 2.24) is 10.2 Å². The maximum Gasteiger partial charge on any atom is 0.253 e. The SMILES string of the molecule is CC(C)CC(=O)Nc1ccc(C(=O)N2CC[C@@H]3CNC[C@@H]3CC2)cc1F. The van der Waals surface area contributed by atoms with Crippen LogP contribution < -0.4 is 10.6 Å². The van der Waals surface area contributed by atoms with E-state index in [9.17, 15) is 14.0 Å². The number of halogens is 1. The molecule has 2 aliphatic rings. The summed E-state index contributed by atoms with van der Waals surface area (Å²) in [7, 11) is 0. The van der Waals surface area contributed by atoms with E-state index in [-0.39, 0.29) is 23.4 Å². The first-order chi connectivity index (χ1) is 12.4. The highest BCUT2D eigenvalue weighted by atomic mass is 19.1. The second-order valence-electron chi connectivity index (χ2n) is 7.89. The van der Waals surface area contributed by atoms with Gasteiger partial charge in [0.25, 0.3) is 5.91 Å². The molecule has 1 aromatic rings. The predicted molar refractivity (Wildman–Crippen MR) is 99.5 cm³/mol. The van der Waals surface area contributed by atoms with Crippen LogP contribution in [0.1, 0.15) is 43.5 Å². The Bertz CT molecular complexity index is 663. The highest BCUT2D eigenvalue weighted by Gasteiger charge is 2.31. The average molecular weight is 361 g/mol. The molecule has 0 aromatic heterocycles. The molecule has 2 saturated heterocycles. The largest absolute Gasteiger partial charge is 0.339 e. The molecule has 2 amide bonds. The number of hydrogen-bond acceptors (Lipinski definition) is 3. The number of fused-ring (bicyclic) bond motifs is 1. The summed E-state index contributed by atoms with van der Waals surface area (Å²) in [5.41, 5.74) is 0.471. The maximum atomic E-state index is 14.3. The molecule has 5 nitrogen and oxygen atoms in total. The van der Waals surface area contributed by atoms with E-state index >= 15 is 0 Å². The number of amides is 2. The number of nitrogens with zero attached hydrogens (tertiary/aromatic N) is 1. The zero-order valence-electron chi connectivity index (χ0n) is 15.6. The molecule has 142 valence electrons. The Morgan fingerprint density at radius 2 is 1.88 bits per heavy atom. The molecule has 2 aliphatic heterocycles. The van der Waals surface area contributed by atoms with Gasteiger partial charge in [-0.15, -0.1) is 0 Å². The van der Waals surface area contributed by atoms with Crippen molar-refractivity contribution >= 4 is 17.5 Å². The van der Waals surface area contributed by atoms with Crippen molar-refractivity contribution in [2.75, 3.05) is 31.5 Å². The summed E-state index contributed by atoms with van der Waals surface area (Å²) in [4.78, 5) is 26.4. The van der Waals surface area contributed by atoms with Gasteiger partial charge in [-0.1, -0.05) is 13.8 Å². The van der Waals surface area contributed by atoms with Crippen molar-refractivity contribution in [2.45, 2.75) is 33.1 Å². The van der Waals surface area contributed by atoms with Crippen molar-refractivity contribution in [3.8, 4) is 0 Å². The number of benzene rings is 1. The molecule has 0 radical (unpaired) electrons. The number of likely N-dealkylation sites (tertiary alicyclic amines) is 1. The van der Waals surface area contributed by atoms with Gasteiger partial charge in [-0.3, -0.25) is 9.59 Å². The van der Waals surface area contributed by atoms with Gasteiger partial charge in [0.15, 0.2) is 0 Å². The molecule has 2 fully saturated rings. The van der Waals surface area contributed by atoms with E-state index in [4.69, 9.17) is 0 Å². The van der Waals surface area contributed by atoms with Crippen LogP contribution in [0.5, 0.6) is 0 Å². The number of carbonyl (C=O) groups is 2. The molecule has 0 saturated carbocycles. The lowest BCUT2D eigenvalue weighted by molar-refractivity contribution is -0.116. The van der Waals surface area contributed by atoms with E-state index in [1.54, 1.807) is 6.07 Å². The van der Waals surface area contributed by atoms with Gasteiger partial charge in [-0.25, -0.2) is 4.39 Å². The van der Waals surface area contributed by atoms with E-state index in [2.05, 4.69) is 10.6 Å². The predicted octanol–water partition coefficient (Wildman–Crippen LogP) is 2.88. The molecule has 26 heavy (non-hydrogen) atoms. The van der Waals surface area contributed by atoms with Crippen LogP contribution in [0.2, 0.25) is 0 Å². The fraction of sp³-hybridized carbons (Fsp3) is 0.600. The van der Waals surface area contributed by atoms with Crippen LogP contribution in [0.3, 0.4) is 0 Å². The Labute approximate surface area is 154 Å². The monoisotopic (exact) mass is 361 g/mol. The third kappa shape index (κ3) is 4.41. The highest BCUT2D eigenvalue weighted by Crippen LogP contribution is 2.28. The first-order valence-corrected chi connectivity index (χ1v) is 9.53. The third-order valence-corrected chi connectivity index (χ3v) is 5.39. The fourth-order valence-corrected chi connectivity index (χ4v) is 3.93. The first kappa shape index (κ1) is 18.8. The van der Waals surface area contributed by atoms with E-state index in [0.717, 1.165) is 39.0 Å². The van der Waals surface area contributed by atoms with E-state index in [0.29, 0.717) is 23.8 Å². The van der Waals surface area contributed by atoms with Crippen LogP contribution >= 0.6 is 0 Å². The van der Waals surface area contributed by atoms with Gasteiger partial charge in [0.05, 0.1) is 5.69 Å². The zero-order chi connectivity index (χ0) is 18.7. The minimum absolute atomic E-state index is 0.128. The Balaban J connectivity index is 1.64. The van der Waals surface area contributed by atoms with Crippen LogP contribution in [-0.4, -0.2) is 42.9 Å². The molecule has 0 aliphatic carbocycles. The third-order valence-electron chi connectivity index (χ3n) is 5.39. The molecule has 0 spiro atoms. The number of nitrogens with one attached hydrogen (secondary N) is 2. The van der Waals surface area contributed by atoms with Crippen LogP contribution in [0, 0.1) is 23.6 Å². The molecule has 3 rings (SSSR count).